The Morgan fingerprint density at radius 2 is 1.68 bits per heavy atom. The zero-order valence-corrected chi connectivity index (χ0v) is 17.7. The highest BCUT2D eigenvalue weighted by molar-refractivity contribution is 7.89. The number of likely N-dealkylation sites (tertiary alicyclic amines) is 1. The lowest BCUT2D eigenvalue weighted by molar-refractivity contribution is -0.141. The minimum absolute atomic E-state index is 0.00174. The standard InChI is InChI=1S/C20H29N3O4S/c1-15-6-7-19(16(2)13-15)28(26,27)23-11-9-21(10-12-23)20(25)18-5-4-8-22(14-18)17(3)24/h6-7,13,18H,4-5,8-12,14H2,1-3H3/t18-/m0/s1. The molecule has 0 N–H and O–H groups in total. The number of nitrogens with zero attached hydrogens (tertiary/aromatic N) is 3. The van der Waals surface area contributed by atoms with Crippen LogP contribution in [0.5, 0.6) is 0 Å². The van der Waals surface area contributed by atoms with Gasteiger partial charge >= 0.3 is 0 Å². The van der Waals surface area contributed by atoms with E-state index in [0.717, 1.165) is 24.0 Å². The van der Waals surface area contributed by atoms with Crippen molar-refractivity contribution in [1.29, 1.82) is 0 Å². The van der Waals surface area contributed by atoms with Crippen LogP contribution in [-0.4, -0.2) is 73.6 Å². The SMILES string of the molecule is CC(=O)N1CCC[C@H](C(=O)N2CCN(S(=O)(=O)c3ccc(C)cc3C)CC2)C1. The van der Waals surface area contributed by atoms with E-state index >= 15 is 0 Å². The first kappa shape index (κ1) is 20.8. The molecule has 0 bridgehead atoms. The lowest BCUT2D eigenvalue weighted by atomic mass is 9.96. The monoisotopic (exact) mass is 407 g/mol. The summed E-state index contributed by atoms with van der Waals surface area (Å²) in [4.78, 5) is 28.3. The Kier molecular flexibility index (Phi) is 6.09. The van der Waals surface area contributed by atoms with Gasteiger partial charge in [-0.25, -0.2) is 8.42 Å². The molecule has 3 rings (SSSR count). The summed E-state index contributed by atoms with van der Waals surface area (Å²) < 4.78 is 27.5. The van der Waals surface area contributed by atoms with Crippen LogP contribution in [0.2, 0.25) is 0 Å². The van der Waals surface area contributed by atoms with Crippen LogP contribution in [0.25, 0.3) is 0 Å². The molecule has 154 valence electrons. The fraction of sp³-hybridized carbons (Fsp3) is 0.600. The minimum atomic E-state index is -3.56. The molecule has 0 aromatic heterocycles. The lowest BCUT2D eigenvalue weighted by Gasteiger charge is -2.38. The van der Waals surface area contributed by atoms with Crippen LogP contribution in [0.3, 0.4) is 0 Å². The molecule has 0 radical (unpaired) electrons. The third-order valence-corrected chi connectivity index (χ3v) is 7.77. The van der Waals surface area contributed by atoms with Crippen LogP contribution >= 0.6 is 0 Å². The highest BCUT2D eigenvalue weighted by Crippen LogP contribution is 2.24. The van der Waals surface area contributed by atoms with Gasteiger partial charge in [0, 0.05) is 46.2 Å². The Labute approximate surface area is 167 Å². The summed E-state index contributed by atoms with van der Waals surface area (Å²) >= 11 is 0. The third-order valence-electron chi connectivity index (χ3n) is 5.71. The number of benzene rings is 1. The predicted octanol–water partition coefficient (Wildman–Crippen LogP) is 1.39. The van der Waals surface area contributed by atoms with E-state index in [1.807, 2.05) is 26.0 Å². The van der Waals surface area contributed by atoms with Gasteiger partial charge < -0.3 is 9.80 Å². The molecule has 2 heterocycles. The number of amides is 2. The van der Waals surface area contributed by atoms with Crippen LogP contribution in [0, 0.1) is 19.8 Å². The van der Waals surface area contributed by atoms with Crippen molar-refractivity contribution in [2.45, 2.75) is 38.5 Å². The van der Waals surface area contributed by atoms with Crippen LogP contribution in [0.15, 0.2) is 23.1 Å². The topological polar surface area (TPSA) is 78.0 Å². The summed E-state index contributed by atoms with van der Waals surface area (Å²) in [6.45, 7) is 7.82. The number of hydrogen-bond donors (Lipinski definition) is 0. The van der Waals surface area contributed by atoms with E-state index in [1.54, 1.807) is 15.9 Å². The Morgan fingerprint density at radius 3 is 2.29 bits per heavy atom. The Hall–Kier alpha value is -1.93. The molecule has 7 nitrogen and oxygen atoms in total. The van der Waals surface area contributed by atoms with Crippen molar-refractivity contribution in [3.05, 3.63) is 29.3 Å². The number of piperidine rings is 1. The molecule has 8 heteroatoms. The predicted molar refractivity (Wildman–Crippen MR) is 106 cm³/mol. The first-order valence-corrected chi connectivity index (χ1v) is 11.3. The molecule has 2 saturated heterocycles. The number of sulfonamides is 1. The van der Waals surface area contributed by atoms with Gasteiger partial charge in [0.2, 0.25) is 21.8 Å². The molecule has 2 aliphatic heterocycles. The molecule has 0 aliphatic carbocycles. The number of hydrogen-bond acceptors (Lipinski definition) is 4. The summed E-state index contributed by atoms with van der Waals surface area (Å²) in [5, 5.41) is 0. The van der Waals surface area contributed by atoms with Crippen molar-refractivity contribution in [2.75, 3.05) is 39.3 Å². The van der Waals surface area contributed by atoms with E-state index in [-0.39, 0.29) is 17.7 Å². The van der Waals surface area contributed by atoms with Crippen LogP contribution in [0.1, 0.15) is 30.9 Å². The second kappa shape index (κ2) is 8.21. The maximum atomic E-state index is 13.0. The number of rotatable bonds is 3. The summed E-state index contributed by atoms with van der Waals surface area (Å²) in [6.07, 6.45) is 1.61. The quantitative estimate of drug-likeness (QED) is 0.759. The highest BCUT2D eigenvalue weighted by Gasteiger charge is 2.35. The van der Waals surface area contributed by atoms with Gasteiger partial charge in [-0.2, -0.15) is 4.31 Å². The smallest absolute Gasteiger partial charge is 0.243 e. The van der Waals surface area contributed by atoms with Gasteiger partial charge in [0.15, 0.2) is 0 Å². The molecule has 1 aromatic carbocycles. The second-order valence-electron chi connectivity index (χ2n) is 7.80. The zero-order valence-electron chi connectivity index (χ0n) is 16.8. The molecule has 2 aliphatic rings. The highest BCUT2D eigenvalue weighted by atomic mass is 32.2. The van der Waals surface area contributed by atoms with Gasteiger partial charge in [0.1, 0.15) is 0 Å². The van der Waals surface area contributed by atoms with E-state index < -0.39 is 10.0 Å². The molecule has 0 saturated carbocycles. The van der Waals surface area contributed by atoms with Crippen molar-refractivity contribution >= 4 is 21.8 Å². The van der Waals surface area contributed by atoms with E-state index in [2.05, 4.69) is 0 Å². The van der Waals surface area contributed by atoms with Crippen molar-refractivity contribution in [3.8, 4) is 0 Å². The largest absolute Gasteiger partial charge is 0.342 e. The average molecular weight is 408 g/mol. The first-order chi connectivity index (χ1) is 13.2. The van der Waals surface area contributed by atoms with Crippen LogP contribution in [0.4, 0.5) is 0 Å². The minimum Gasteiger partial charge on any atom is -0.342 e. The molecule has 1 atom stereocenters. The van der Waals surface area contributed by atoms with Gasteiger partial charge in [-0.15, -0.1) is 0 Å². The number of aryl methyl sites for hydroxylation is 2. The summed E-state index contributed by atoms with van der Waals surface area (Å²) in [5.74, 6) is -0.142. The fourth-order valence-electron chi connectivity index (χ4n) is 4.10. The number of carbonyl (C=O) groups excluding carboxylic acids is 2. The Bertz CT molecular complexity index is 860. The third kappa shape index (κ3) is 4.22. The van der Waals surface area contributed by atoms with Crippen LogP contribution in [-0.2, 0) is 19.6 Å². The summed E-state index contributed by atoms with van der Waals surface area (Å²) in [5.41, 5.74) is 1.77. The summed E-state index contributed by atoms with van der Waals surface area (Å²) in [7, 11) is -3.56. The zero-order chi connectivity index (χ0) is 20.5. The number of carbonyl (C=O) groups is 2. The molecular formula is C20H29N3O4S. The summed E-state index contributed by atoms with van der Waals surface area (Å²) in [6, 6.07) is 5.34. The molecule has 2 amide bonds. The van der Waals surface area contributed by atoms with Crippen molar-refractivity contribution in [1.82, 2.24) is 14.1 Å². The van der Waals surface area contributed by atoms with E-state index in [4.69, 9.17) is 0 Å². The Balaban J connectivity index is 1.64. The maximum Gasteiger partial charge on any atom is 0.243 e. The van der Waals surface area contributed by atoms with Gasteiger partial charge in [-0.1, -0.05) is 17.7 Å². The van der Waals surface area contributed by atoms with Gasteiger partial charge in [-0.3, -0.25) is 9.59 Å². The van der Waals surface area contributed by atoms with E-state index in [9.17, 15) is 18.0 Å². The first-order valence-electron chi connectivity index (χ1n) is 9.82. The van der Waals surface area contributed by atoms with Crippen molar-refractivity contribution in [2.24, 2.45) is 5.92 Å². The van der Waals surface area contributed by atoms with Crippen molar-refractivity contribution in [3.63, 3.8) is 0 Å². The second-order valence-corrected chi connectivity index (χ2v) is 9.71. The van der Waals surface area contributed by atoms with Crippen molar-refractivity contribution < 1.29 is 18.0 Å². The Morgan fingerprint density at radius 1 is 1.00 bits per heavy atom. The molecule has 1 aromatic rings. The maximum absolute atomic E-state index is 13.0. The fourth-order valence-corrected chi connectivity index (χ4v) is 5.73. The van der Waals surface area contributed by atoms with Gasteiger partial charge in [0.05, 0.1) is 10.8 Å². The molecular weight excluding hydrogens is 378 g/mol. The van der Waals surface area contributed by atoms with E-state index in [1.165, 1.54) is 11.2 Å². The average Bonchev–Trinajstić information content (AvgIpc) is 2.67. The molecule has 28 heavy (non-hydrogen) atoms. The molecule has 2 fully saturated rings. The van der Waals surface area contributed by atoms with Crippen LogP contribution < -0.4 is 0 Å². The van der Waals surface area contributed by atoms with Gasteiger partial charge in [-0.05, 0) is 38.3 Å². The normalized spacial score (nSPS) is 21.6. The lowest BCUT2D eigenvalue weighted by Crippen LogP contribution is -2.54. The van der Waals surface area contributed by atoms with E-state index in [0.29, 0.717) is 44.2 Å². The van der Waals surface area contributed by atoms with Gasteiger partial charge in [0.25, 0.3) is 0 Å². The molecule has 0 spiro atoms. The molecule has 0 unspecified atom stereocenters. The number of piperazine rings is 1.